The fourth-order valence-corrected chi connectivity index (χ4v) is 2.04. The second kappa shape index (κ2) is 4.63. The summed E-state index contributed by atoms with van der Waals surface area (Å²) >= 11 is 3.49. The van der Waals surface area contributed by atoms with Gasteiger partial charge in [0.1, 0.15) is 0 Å². The van der Waals surface area contributed by atoms with Crippen molar-refractivity contribution in [2.24, 2.45) is 0 Å². The summed E-state index contributed by atoms with van der Waals surface area (Å²) in [5.74, 6) is 0. The molecule has 0 heterocycles. The highest BCUT2D eigenvalue weighted by Crippen LogP contribution is 2.15. The summed E-state index contributed by atoms with van der Waals surface area (Å²) in [6, 6.07) is 17.2. The molecular weight excluding hydrogens is 248 g/mol. The zero-order valence-corrected chi connectivity index (χ0v) is 10.3. The van der Waals surface area contributed by atoms with E-state index in [1.54, 1.807) is 0 Å². The molecule has 2 rings (SSSR count). The second-order valence-electron chi connectivity index (χ2n) is 3.79. The predicted molar refractivity (Wildman–Crippen MR) is 68.1 cm³/mol. The maximum atomic E-state index is 3.49. The lowest BCUT2D eigenvalue weighted by Gasteiger charge is -2.03. The molecule has 76 valence electrons. The Bertz CT molecular complexity index is 443. The van der Waals surface area contributed by atoms with Gasteiger partial charge in [-0.1, -0.05) is 57.9 Å². The molecule has 0 N–H and O–H groups in total. The molecule has 0 amide bonds. The highest BCUT2D eigenvalue weighted by Gasteiger charge is 1.96. The molecule has 0 nitrogen and oxygen atoms in total. The van der Waals surface area contributed by atoms with Crippen LogP contribution in [0.4, 0.5) is 0 Å². The van der Waals surface area contributed by atoms with Gasteiger partial charge in [-0.15, -0.1) is 0 Å². The fraction of sp³-hybridized carbons (Fsp3) is 0.143. The molecule has 0 aliphatic heterocycles. The van der Waals surface area contributed by atoms with E-state index in [2.05, 4.69) is 71.4 Å². The summed E-state index contributed by atoms with van der Waals surface area (Å²) in [5.41, 5.74) is 4.01. The minimum Gasteiger partial charge on any atom is -0.0609 e. The van der Waals surface area contributed by atoms with Gasteiger partial charge in [0.05, 0.1) is 0 Å². The maximum absolute atomic E-state index is 3.49. The predicted octanol–water partition coefficient (Wildman–Crippen LogP) is 4.35. The fourth-order valence-electron chi connectivity index (χ4n) is 1.59. The molecule has 0 aromatic heterocycles. The van der Waals surface area contributed by atoms with Crippen molar-refractivity contribution in [1.82, 2.24) is 0 Å². The Balaban J connectivity index is 2.18. The smallest absolute Gasteiger partial charge is 0.0178 e. The number of hydrogen-bond donors (Lipinski definition) is 0. The van der Waals surface area contributed by atoms with E-state index in [-0.39, 0.29) is 0 Å². The van der Waals surface area contributed by atoms with E-state index in [0.717, 1.165) is 10.9 Å². The highest BCUT2D eigenvalue weighted by atomic mass is 79.9. The molecule has 0 fully saturated rings. The Hall–Kier alpha value is -1.08. The normalized spacial score (nSPS) is 10.3. The largest absolute Gasteiger partial charge is 0.0609 e. The second-order valence-corrected chi connectivity index (χ2v) is 4.71. The van der Waals surface area contributed by atoms with Gasteiger partial charge in [-0.3, -0.25) is 0 Å². The van der Waals surface area contributed by atoms with Crippen molar-refractivity contribution >= 4 is 15.9 Å². The summed E-state index contributed by atoms with van der Waals surface area (Å²) in [6.45, 7) is 2.11. The van der Waals surface area contributed by atoms with Crippen LogP contribution in [-0.4, -0.2) is 0 Å². The Morgan fingerprint density at radius 1 is 0.933 bits per heavy atom. The van der Waals surface area contributed by atoms with Gasteiger partial charge in [0.2, 0.25) is 0 Å². The SMILES string of the molecule is Cc1ccc(Cc2cccc(Br)c2)cc1. The first-order valence-corrected chi connectivity index (χ1v) is 5.83. The lowest BCUT2D eigenvalue weighted by molar-refractivity contribution is 1.18. The molecule has 0 saturated heterocycles. The van der Waals surface area contributed by atoms with Crippen LogP contribution in [0, 0.1) is 6.92 Å². The minimum absolute atomic E-state index is 1.000. The van der Waals surface area contributed by atoms with E-state index in [9.17, 15) is 0 Å². The van der Waals surface area contributed by atoms with E-state index in [1.807, 2.05) is 0 Å². The van der Waals surface area contributed by atoms with E-state index in [1.165, 1.54) is 16.7 Å². The molecule has 2 aromatic carbocycles. The Morgan fingerprint density at radius 3 is 2.33 bits per heavy atom. The third-order valence-electron chi connectivity index (χ3n) is 2.42. The monoisotopic (exact) mass is 260 g/mol. The van der Waals surface area contributed by atoms with Crippen molar-refractivity contribution in [1.29, 1.82) is 0 Å². The Morgan fingerprint density at radius 2 is 1.67 bits per heavy atom. The van der Waals surface area contributed by atoms with E-state index >= 15 is 0 Å². The molecule has 15 heavy (non-hydrogen) atoms. The molecule has 0 aliphatic carbocycles. The van der Waals surface area contributed by atoms with Crippen LogP contribution in [0.25, 0.3) is 0 Å². The third kappa shape index (κ3) is 2.93. The van der Waals surface area contributed by atoms with Crippen LogP contribution in [0.1, 0.15) is 16.7 Å². The Kier molecular flexibility index (Phi) is 3.22. The van der Waals surface area contributed by atoms with Gasteiger partial charge in [-0.2, -0.15) is 0 Å². The average molecular weight is 261 g/mol. The lowest BCUT2D eigenvalue weighted by Crippen LogP contribution is -1.87. The van der Waals surface area contributed by atoms with E-state index < -0.39 is 0 Å². The standard InChI is InChI=1S/C14H13Br/c1-11-5-7-12(8-6-11)9-13-3-2-4-14(15)10-13/h2-8,10H,9H2,1H3. The molecule has 0 atom stereocenters. The quantitative estimate of drug-likeness (QED) is 0.754. The zero-order chi connectivity index (χ0) is 10.7. The summed E-state index contributed by atoms with van der Waals surface area (Å²) in [5, 5.41) is 0. The van der Waals surface area contributed by atoms with Crippen molar-refractivity contribution in [3.8, 4) is 0 Å². The van der Waals surface area contributed by atoms with Crippen LogP contribution < -0.4 is 0 Å². The molecular formula is C14H13Br. The van der Waals surface area contributed by atoms with Gasteiger partial charge in [0, 0.05) is 4.47 Å². The number of halogens is 1. The summed E-state index contributed by atoms with van der Waals surface area (Å²) in [7, 11) is 0. The molecule has 0 spiro atoms. The van der Waals surface area contributed by atoms with Gasteiger partial charge in [-0.05, 0) is 36.6 Å². The first-order chi connectivity index (χ1) is 7.24. The molecule has 0 bridgehead atoms. The van der Waals surface area contributed by atoms with Crippen molar-refractivity contribution in [3.05, 3.63) is 69.7 Å². The summed E-state index contributed by atoms with van der Waals surface area (Å²) < 4.78 is 1.15. The topological polar surface area (TPSA) is 0 Å². The minimum atomic E-state index is 1.000. The zero-order valence-electron chi connectivity index (χ0n) is 8.70. The van der Waals surface area contributed by atoms with Gasteiger partial charge in [0.25, 0.3) is 0 Å². The van der Waals surface area contributed by atoms with Crippen LogP contribution in [0.2, 0.25) is 0 Å². The summed E-state index contributed by atoms with van der Waals surface area (Å²) in [6.07, 6.45) is 1.000. The molecule has 0 saturated carbocycles. The van der Waals surface area contributed by atoms with Gasteiger partial charge < -0.3 is 0 Å². The molecule has 2 aromatic rings. The van der Waals surface area contributed by atoms with Crippen molar-refractivity contribution < 1.29 is 0 Å². The van der Waals surface area contributed by atoms with Crippen LogP contribution in [0.5, 0.6) is 0 Å². The number of aryl methyl sites for hydroxylation is 1. The first kappa shape index (κ1) is 10.4. The van der Waals surface area contributed by atoms with Crippen LogP contribution >= 0.6 is 15.9 Å². The average Bonchev–Trinajstić information content (AvgIpc) is 2.22. The van der Waals surface area contributed by atoms with Gasteiger partial charge in [-0.25, -0.2) is 0 Å². The first-order valence-electron chi connectivity index (χ1n) is 5.04. The Labute approximate surface area is 99.1 Å². The van der Waals surface area contributed by atoms with Gasteiger partial charge in [0.15, 0.2) is 0 Å². The van der Waals surface area contributed by atoms with Crippen LogP contribution in [0.3, 0.4) is 0 Å². The van der Waals surface area contributed by atoms with Gasteiger partial charge >= 0.3 is 0 Å². The van der Waals surface area contributed by atoms with Crippen molar-refractivity contribution in [3.63, 3.8) is 0 Å². The maximum Gasteiger partial charge on any atom is 0.0178 e. The molecule has 1 heteroatoms. The van der Waals surface area contributed by atoms with Crippen LogP contribution in [0.15, 0.2) is 53.0 Å². The molecule has 0 unspecified atom stereocenters. The van der Waals surface area contributed by atoms with Crippen molar-refractivity contribution in [2.45, 2.75) is 13.3 Å². The number of hydrogen-bond acceptors (Lipinski definition) is 0. The van der Waals surface area contributed by atoms with E-state index in [0.29, 0.717) is 0 Å². The molecule has 0 aliphatic rings. The number of benzene rings is 2. The summed E-state index contributed by atoms with van der Waals surface area (Å²) in [4.78, 5) is 0. The molecule has 0 radical (unpaired) electrons. The third-order valence-corrected chi connectivity index (χ3v) is 2.91. The highest BCUT2D eigenvalue weighted by molar-refractivity contribution is 9.10. The van der Waals surface area contributed by atoms with Crippen molar-refractivity contribution in [2.75, 3.05) is 0 Å². The number of rotatable bonds is 2. The lowest BCUT2D eigenvalue weighted by atomic mass is 10.0. The van der Waals surface area contributed by atoms with Crippen LogP contribution in [-0.2, 0) is 6.42 Å². The van der Waals surface area contributed by atoms with E-state index in [4.69, 9.17) is 0 Å².